The van der Waals surface area contributed by atoms with Crippen molar-refractivity contribution >= 4 is 17.1 Å². The fourth-order valence-electron chi connectivity index (χ4n) is 1.60. The van der Waals surface area contributed by atoms with Crippen molar-refractivity contribution in [3.63, 3.8) is 0 Å². The highest BCUT2D eigenvalue weighted by Gasteiger charge is 2.10. The van der Waals surface area contributed by atoms with Crippen LogP contribution in [0.1, 0.15) is 5.56 Å². The van der Waals surface area contributed by atoms with Crippen molar-refractivity contribution in [3.8, 4) is 6.07 Å². The summed E-state index contributed by atoms with van der Waals surface area (Å²) in [6.45, 7) is 0. The van der Waals surface area contributed by atoms with Crippen LogP contribution in [0.2, 0.25) is 0 Å². The van der Waals surface area contributed by atoms with Crippen LogP contribution in [0.25, 0.3) is 0 Å². The molecule has 0 fully saturated rings. The summed E-state index contributed by atoms with van der Waals surface area (Å²) < 4.78 is 13.3. The zero-order valence-electron chi connectivity index (χ0n) is 9.63. The van der Waals surface area contributed by atoms with Crippen molar-refractivity contribution in [2.24, 2.45) is 0 Å². The molecule has 0 amide bonds. The number of halogens is 1. The first-order valence-corrected chi connectivity index (χ1v) is 5.31. The van der Waals surface area contributed by atoms with Gasteiger partial charge in [0.15, 0.2) is 0 Å². The van der Waals surface area contributed by atoms with Gasteiger partial charge in [0.2, 0.25) is 0 Å². The maximum Gasteiger partial charge on any atom is 0.274 e. The Labute approximate surface area is 108 Å². The molecular formula is C13H8FN3O2. The molecule has 0 saturated heterocycles. The molecule has 2 aromatic rings. The van der Waals surface area contributed by atoms with E-state index in [1.165, 1.54) is 6.07 Å². The van der Waals surface area contributed by atoms with Crippen LogP contribution in [0.4, 0.5) is 21.5 Å². The second-order valence-corrected chi connectivity index (χ2v) is 3.74. The van der Waals surface area contributed by atoms with Gasteiger partial charge in [-0.05, 0) is 18.2 Å². The van der Waals surface area contributed by atoms with E-state index in [9.17, 15) is 14.5 Å². The summed E-state index contributed by atoms with van der Waals surface area (Å²) in [5.41, 5.74) is 0.700. The van der Waals surface area contributed by atoms with Gasteiger partial charge in [-0.15, -0.1) is 0 Å². The summed E-state index contributed by atoms with van der Waals surface area (Å²) in [6, 6.07) is 11.8. The SMILES string of the molecule is N#Cc1ccccc1Nc1cc(F)cc([N+](=O)[O-])c1. The highest BCUT2D eigenvalue weighted by atomic mass is 19.1. The molecule has 0 aliphatic heterocycles. The van der Waals surface area contributed by atoms with Crippen LogP contribution < -0.4 is 5.32 Å². The summed E-state index contributed by atoms with van der Waals surface area (Å²) in [4.78, 5) is 9.96. The first-order chi connectivity index (χ1) is 9.10. The van der Waals surface area contributed by atoms with E-state index in [0.29, 0.717) is 11.3 Å². The zero-order chi connectivity index (χ0) is 13.8. The third-order valence-electron chi connectivity index (χ3n) is 2.42. The average molecular weight is 257 g/mol. The highest BCUT2D eigenvalue weighted by Crippen LogP contribution is 2.25. The molecule has 19 heavy (non-hydrogen) atoms. The number of nitro benzene ring substituents is 1. The van der Waals surface area contributed by atoms with E-state index in [4.69, 9.17) is 5.26 Å². The van der Waals surface area contributed by atoms with Crippen molar-refractivity contribution in [2.75, 3.05) is 5.32 Å². The Hall–Kier alpha value is -2.94. The van der Waals surface area contributed by atoms with Crippen LogP contribution in [-0.2, 0) is 0 Å². The molecule has 0 atom stereocenters. The molecule has 5 nitrogen and oxygen atoms in total. The van der Waals surface area contributed by atoms with E-state index in [-0.39, 0.29) is 11.4 Å². The summed E-state index contributed by atoms with van der Waals surface area (Å²) in [7, 11) is 0. The number of hydrogen-bond donors (Lipinski definition) is 1. The summed E-state index contributed by atoms with van der Waals surface area (Å²) in [5.74, 6) is -0.717. The monoisotopic (exact) mass is 257 g/mol. The summed E-state index contributed by atoms with van der Waals surface area (Å²) in [6.07, 6.45) is 0. The molecule has 94 valence electrons. The van der Waals surface area contributed by atoms with Gasteiger partial charge in [-0.3, -0.25) is 10.1 Å². The second kappa shape index (κ2) is 5.14. The molecule has 0 heterocycles. The molecule has 0 spiro atoms. The quantitative estimate of drug-likeness (QED) is 0.675. The number of hydrogen-bond acceptors (Lipinski definition) is 4. The van der Waals surface area contributed by atoms with Gasteiger partial charge >= 0.3 is 0 Å². The topological polar surface area (TPSA) is 79.0 Å². The van der Waals surface area contributed by atoms with E-state index in [1.54, 1.807) is 24.3 Å². The Kier molecular flexibility index (Phi) is 3.39. The number of benzene rings is 2. The third-order valence-corrected chi connectivity index (χ3v) is 2.42. The molecule has 0 bridgehead atoms. The van der Waals surface area contributed by atoms with Crippen LogP contribution in [0, 0.1) is 27.3 Å². The third kappa shape index (κ3) is 2.84. The van der Waals surface area contributed by atoms with E-state index in [1.807, 2.05) is 6.07 Å². The lowest BCUT2D eigenvalue weighted by atomic mass is 10.2. The van der Waals surface area contributed by atoms with Crippen LogP contribution in [-0.4, -0.2) is 4.92 Å². The van der Waals surface area contributed by atoms with Gasteiger partial charge in [0.05, 0.1) is 22.2 Å². The number of nitriles is 1. The van der Waals surface area contributed by atoms with Gasteiger partial charge < -0.3 is 5.32 Å². The van der Waals surface area contributed by atoms with E-state index in [2.05, 4.69) is 5.32 Å². The van der Waals surface area contributed by atoms with Crippen molar-refractivity contribution in [3.05, 3.63) is 64.0 Å². The lowest BCUT2D eigenvalue weighted by molar-refractivity contribution is -0.385. The molecule has 0 aliphatic rings. The predicted octanol–water partition coefficient (Wildman–Crippen LogP) is 3.35. The number of nitrogens with zero attached hydrogens (tertiary/aromatic N) is 2. The maximum absolute atomic E-state index is 13.3. The number of rotatable bonds is 3. The van der Waals surface area contributed by atoms with E-state index < -0.39 is 10.7 Å². The lowest BCUT2D eigenvalue weighted by Gasteiger charge is -2.07. The Morgan fingerprint density at radius 2 is 2.00 bits per heavy atom. The van der Waals surface area contributed by atoms with Crippen LogP contribution >= 0.6 is 0 Å². The number of anilines is 2. The largest absolute Gasteiger partial charge is 0.354 e. The standard InChI is InChI=1S/C13H8FN3O2/c14-10-5-11(7-12(6-10)17(18)19)16-13-4-2-1-3-9(13)8-15/h1-7,16H. The van der Waals surface area contributed by atoms with Crippen molar-refractivity contribution in [2.45, 2.75) is 0 Å². The molecule has 2 aromatic carbocycles. The lowest BCUT2D eigenvalue weighted by Crippen LogP contribution is -1.96. The second-order valence-electron chi connectivity index (χ2n) is 3.74. The number of non-ortho nitro benzene ring substituents is 1. The summed E-state index contributed by atoms with van der Waals surface area (Å²) in [5, 5.41) is 22.4. The Morgan fingerprint density at radius 1 is 1.26 bits per heavy atom. The number of nitrogens with one attached hydrogen (secondary N) is 1. The normalized spacial score (nSPS) is 9.68. The minimum Gasteiger partial charge on any atom is -0.354 e. The van der Waals surface area contributed by atoms with Crippen molar-refractivity contribution < 1.29 is 9.31 Å². The molecule has 0 unspecified atom stereocenters. The molecule has 1 N–H and O–H groups in total. The van der Waals surface area contributed by atoms with Gasteiger partial charge in [-0.25, -0.2) is 4.39 Å². The molecular weight excluding hydrogens is 249 g/mol. The highest BCUT2D eigenvalue weighted by molar-refractivity contribution is 5.67. The fourth-order valence-corrected chi connectivity index (χ4v) is 1.60. The zero-order valence-corrected chi connectivity index (χ0v) is 9.63. The van der Waals surface area contributed by atoms with Gasteiger partial charge in [0.25, 0.3) is 5.69 Å². The molecule has 6 heteroatoms. The average Bonchev–Trinajstić information content (AvgIpc) is 2.38. The predicted molar refractivity (Wildman–Crippen MR) is 67.5 cm³/mol. The summed E-state index contributed by atoms with van der Waals surface area (Å²) >= 11 is 0. The number of para-hydroxylation sites is 1. The molecule has 0 radical (unpaired) electrons. The molecule has 0 saturated carbocycles. The maximum atomic E-state index is 13.3. The fraction of sp³-hybridized carbons (Fsp3) is 0. The van der Waals surface area contributed by atoms with E-state index >= 15 is 0 Å². The van der Waals surface area contributed by atoms with Gasteiger partial charge in [-0.1, -0.05) is 12.1 Å². The Balaban J connectivity index is 2.39. The van der Waals surface area contributed by atoms with Gasteiger partial charge in [-0.2, -0.15) is 5.26 Å². The Bertz CT molecular complexity index is 680. The van der Waals surface area contributed by atoms with Crippen LogP contribution in [0.15, 0.2) is 42.5 Å². The van der Waals surface area contributed by atoms with Crippen molar-refractivity contribution in [1.29, 1.82) is 5.26 Å². The first kappa shape index (κ1) is 12.5. The van der Waals surface area contributed by atoms with Crippen LogP contribution in [0.3, 0.4) is 0 Å². The molecule has 2 rings (SSSR count). The smallest absolute Gasteiger partial charge is 0.274 e. The van der Waals surface area contributed by atoms with Gasteiger partial charge in [0.1, 0.15) is 11.9 Å². The van der Waals surface area contributed by atoms with Crippen molar-refractivity contribution in [1.82, 2.24) is 0 Å². The minimum absolute atomic E-state index is 0.217. The minimum atomic E-state index is -0.717. The number of nitro groups is 1. The van der Waals surface area contributed by atoms with E-state index in [0.717, 1.165) is 12.1 Å². The van der Waals surface area contributed by atoms with Crippen LogP contribution in [0.5, 0.6) is 0 Å². The first-order valence-electron chi connectivity index (χ1n) is 5.31. The Morgan fingerprint density at radius 3 is 2.68 bits per heavy atom. The molecule has 0 aliphatic carbocycles. The molecule has 0 aromatic heterocycles. The van der Waals surface area contributed by atoms with Gasteiger partial charge in [0, 0.05) is 11.8 Å².